The molecule has 0 spiro atoms. The normalized spacial score (nSPS) is 11.4. The number of rotatable bonds is 5. The van der Waals surface area contributed by atoms with Crippen LogP contribution in [0.25, 0.3) is 0 Å². The average Bonchev–Trinajstić information content (AvgIpc) is 2.82. The van der Waals surface area contributed by atoms with Gasteiger partial charge in [0.25, 0.3) is 0 Å². The van der Waals surface area contributed by atoms with Gasteiger partial charge in [0.2, 0.25) is 0 Å². The molecule has 0 aliphatic carbocycles. The van der Waals surface area contributed by atoms with Gasteiger partial charge in [0.05, 0.1) is 11.6 Å². The first-order valence-electron chi connectivity index (χ1n) is 8.85. The van der Waals surface area contributed by atoms with Gasteiger partial charge in [0, 0.05) is 19.8 Å². The van der Waals surface area contributed by atoms with Crippen molar-refractivity contribution >= 4 is 0 Å². The van der Waals surface area contributed by atoms with Gasteiger partial charge in [-0.1, -0.05) is 74.5 Å². The zero-order valence-electron chi connectivity index (χ0n) is 15.4. The van der Waals surface area contributed by atoms with E-state index < -0.39 is 0 Å². The predicted molar refractivity (Wildman–Crippen MR) is 103 cm³/mol. The molecule has 0 aliphatic rings. The third-order valence-electron chi connectivity index (χ3n) is 4.78. The first kappa shape index (κ1) is 17.3. The van der Waals surface area contributed by atoms with E-state index >= 15 is 0 Å². The molecule has 0 aliphatic heterocycles. The summed E-state index contributed by atoms with van der Waals surface area (Å²) in [4.78, 5) is 12.7. The van der Waals surface area contributed by atoms with Gasteiger partial charge < -0.3 is 0 Å². The van der Waals surface area contributed by atoms with E-state index in [2.05, 4.69) is 62.4 Å². The molecule has 0 saturated heterocycles. The van der Waals surface area contributed by atoms with E-state index in [-0.39, 0.29) is 11.6 Å². The predicted octanol–water partition coefficient (Wildman–Crippen LogP) is 4.10. The highest BCUT2D eigenvalue weighted by Crippen LogP contribution is 2.33. The van der Waals surface area contributed by atoms with Crippen LogP contribution < -0.4 is 5.69 Å². The van der Waals surface area contributed by atoms with Crippen LogP contribution in [-0.2, 0) is 20.5 Å². The third kappa shape index (κ3) is 3.32. The molecule has 3 rings (SSSR count). The van der Waals surface area contributed by atoms with Crippen molar-refractivity contribution in [1.82, 2.24) is 9.13 Å². The van der Waals surface area contributed by atoms with Crippen LogP contribution in [0.5, 0.6) is 0 Å². The maximum absolute atomic E-state index is 12.7. The number of imidazole rings is 1. The molecule has 25 heavy (non-hydrogen) atoms. The molecule has 3 nitrogen and oxygen atoms in total. The summed E-state index contributed by atoms with van der Waals surface area (Å²) >= 11 is 0. The molecule has 0 unspecified atom stereocenters. The van der Waals surface area contributed by atoms with Gasteiger partial charge in [-0.05, 0) is 23.5 Å². The molecule has 0 N–H and O–H groups in total. The van der Waals surface area contributed by atoms with Crippen molar-refractivity contribution in [2.75, 3.05) is 0 Å². The van der Waals surface area contributed by atoms with E-state index in [0.29, 0.717) is 5.92 Å². The first-order chi connectivity index (χ1) is 12.0. The summed E-state index contributed by atoms with van der Waals surface area (Å²) in [5.74, 6) is 0.536. The quantitative estimate of drug-likeness (QED) is 0.690. The minimum absolute atomic E-state index is 0.0440. The topological polar surface area (TPSA) is 26.9 Å². The highest BCUT2D eigenvalue weighted by molar-refractivity contribution is 5.42. The van der Waals surface area contributed by atoms with Gasteiger partial charge in [-0.15, -0.1) is 0 Å². The van der Waals surface area contributed by atoms with Crippen molar-refractivity contribution in [3.63, 3.8) is 0 Å². The molecule has 0 radical (unpaired) electrons. The molecule has 2 aromatic carbocycles. The minimum Gasteiger partial charge on any atom is -0.299 e. The Morgan fingerprint density at radius 3 is 1.72 bits per heavy atom. The van der Waals surface area contributed by atoms with Gasteiger partial charge in [0.15, 0.2) is 0 Å². The maximum atomic E-state index is 12.7. The summed E-state index contributed by atoms with van der Waals surface area (Å²) in [5.41, 5.74) is 4.68. The fraction of sp³-hybridized carbons (Fsp3) is 0.318. The van der Waals surface area contributed by atoms with E-state index in [0.717, 1.165) is 17.8 Å². The fourth-order valence-electron chi connectivity index (χ4n) is 3.60. The standard InChI is InChI=1S/C22H26N2O/c1-16(2)15-19-21(24(4)22(25)23(19)3)20(17-11-7-5-8-12-17)18-13-9-6-10-14-18/h5-14,16,20H,15H2,1-4H3. The third-order valence-corrected chi connectivity index (χ3v) is 4.78. The highest BCUT2D eigenvalue weighted by atomic mass is 16.1. The van der Waals surface area contributed by atoms with Crippen LogP contribution in [0.15, 0.2) is 65.5 Å². The molecule has 0 fully saturated rings. The van der Waals surface area contributed by atoms with Crippen molar-refractivity contribution in [3.8, 4) is 0 Å². The SMILES string of the molecule is CC(C)Cc1c(C(c2ccccc2)c2ccccc2)n(C)c(=O)n1C. The van der Waals surface area contributed by atoms with Gasteiger partial charge in [-0.25, -0.2) is 4.79 Å². The largest absolute Gasteiger partial charge is 0.328 e. The Hall–Kier alpha value is -2.55. The summed E-state index contributed by atoms with van der Waals surface area (Å²) in [6, 6.07) is 20.9. The van der Waals surface area contributed by atoms with Gasteiger partial charge in [-0.2, -0.15) is 0 Å². The van der Waals surface area contributed by atoms with Crippen LogP contribution in [-0.4, -0.2) is 9.13 Å². The Bertz CT molecular complexity index is 850. The highest BCUT2D eigenvalue weighted by Gasteiger charge is 2.26. The van der Waals surface area contributed by atoms with E-state index in [9.17, 15) is 4.79 Å². The molecule has 1 aromatic heterocycles. The summed E-state index contributed by atoms with van der Waals surface area (Å²) in [5, 5.41) is 0. The molecule has 1 heterocycles. The summed E-state index contributed by atoms with van der Waals surface area (Å²) in [7, 11) is 3.77. The Balaban J connectivity index is 2.28. The molecule has 3 aromatic rings. The molecule has 0 atom stereocenters. The van der Waals surface area contributed by atoms with E-state index in [1.54, 1.807) is 0 Å². The Labute approximate surface area is 149 Å². The first-order valence-corrected chi connectivity index (χ1v) is 8.85. The van der Waals surface area contributed by atoms with Crippen LogP contribution in [0.1, 0.15) is 42.3 Å². The molecular weight excluding hydrogens is 308 g/mol. The van der Waals surface area contributed by atoms with Crippen LogP contribution in [0.4, 0.5) is 0 Å². The van der Waals surface area contributed by atoms with Gasteiger partial charge in [0.1, 0.15) is 0 Å². The van der Waals surface area contributed by atoms with Crippen LogP contribution in [0.2, 0.25) is 0 Å². The molecule has 3 heteroatoms. The van der Waals surface area contributed by atoms with E-state index in [4.69, 9.17) is 0 Å². The lowest BCUT2D eigenvalue weighted by Crippen LogP contribution is -2.21. The van der Waals surface area contributed by atoms with E-state index in [1.165, 1.54) is 11.1 Å². The van der Waals surface area contributed by atoms with Crippen molar-refractivity contribution < 1.29 is 0 Å². The zero-order chi connectivity index (χ0) is 18.0. The molecule has 0 amide bonds. The van der Waals surface area contributed by atoms with Crippen LogP contribution >= 0.6 is 0 Å². The lowest BCUT2D eigenvalue weighted by atomic mass is 9.86. The summed E-state index contributed by atoms with van der Waals surface area (Å²) < 4.78 is 3.64. The number of hydrogen-bond donors (Lipinski definition) is 0. The Morgan fingerprint density at radius 2 is 1.28 bits per heavy atom. The number of benzene rings is 2. The van der Waals surface area contributed by atoms with Gasteiger partial charge >= 0.3 is 5.69 Å². The van der Waals surface area contributed by atoms with Crippen LogP contribution in [0.3, 0.4) is 0 Å². The fourth-order valence-corrected chi connectivity index (χ4v) is 3.60. The average molecular weight is 334 g/mol. The zero-order valence-corrected chi connectivity index (χ0v) is 15.4. The monoisotopic (exact) mass is 334 g/mol. The molecule has 0 saturated carbocycles. The second kappa shape index (κ2) is 7.14. The van der Waals surface area contributed by atoms with Crippen molar-refractivity contribution in [1.29, 1.82) is 0 Å². The molecule has 0 bridgehead atoms. The number of aromatic nitrogens is 2. The minimum atomic E-state index is 0.0440. The van der Waals surface area contributed by atoms with Crippen molar-refractivity contribution in [3.05, 3.63) is 93.7 Å². The lowest BCUT2D eigenvalue weighted by molar-refractivity contribution is 0.606. The molecular formula is C22H26N2O. The van der Waals surface area contributed by atoms with Crippen molar-refractivity contribution in [2.24, 2.45) is 20.0 Å². The number of hydrogen-bond acceptors (Lipinski definition) is 1. The van der Waals surface area contributed by atoms with E-state index in [1.807, 2.05) is 35.4 Å². The van der Waals surface area contributed by atoms with Gasteiger partial charge in [-0.3, -0.25) is 9.13 Å². The second-order valence-corrected chi connectivity index (χ2v) is 7.08. The van der Waals surface area contributed by atoms with Crippen molar-refractivity contribution in [2.45, 2.75) is 26.2 Å². The Morgan fingerprint density at radius 1 is 0.800 bits per heavy atom. The molecule has 130 valence electrons. The van der Waals surface area contributed by atoms with Crippen LogP contribution in [0, 0.1) is 5.92 Å². The maximum Gasteiger partial charge on any atom is 0.328 e. The smallest absolute Gasteiger partial charge is 0.299 e. The summed E-state index contributed by atoms with van der Waals surface area (Å²) in [6.45, 7) is 4.39. The summed E-state index contributed by atoms with van der Waals surface area (Å²) in [6.07, 6.45) is 0.887. The number of nitrogens with zero attached hydrogens (tertiary/aromatic N) is 2. The Kier molecular flexibility index (Phi) is 4.93. The lowest BCUT2D eigenvalue weighted by Gasteiger charge is -2.21. The second-order valence-electron chi connectivity index (χ2n) is 7.08.